The van der Waals surface area contributed by atoms with E-state index in [1.54, 1.807) is 10.9 Å². The molecule has 2 aromatic rings. The summed E-state index contributed by atoms with van der Waals surface area (Å²) in [5.74, 6) is 0.925. The van der Waals surface area contributed by atoms with Crippen LogP contribution in [0.4, 0.5) is 5.69 Å². The van der Waals surface area contributed by atoms with Gasteiger partial charge in [-0.25, -0.2) is 0 Å². The second-order valence-corrected chi connectivity index (χ2v) is 6.11. The number of nitrogens with zero attached hydrogens (tertiary/aromatic N) is 3. The maximum Gasteiger partial charge on any atom is 0.119 e. The molecule has 0 aliphatic carbocycles. The maximum absolute atomic E-state index is 8.89. The first-order valence-electron chi connectivity index (χ1n) is 8.65. The van der Waals surface area contributed by atoms with Gasteiger partial charge in [-0.15, -0.1) is 0 Å². The van der Waals surface area contributed by atoms with E-state index < -0.39 is 0 Å². The molecular formula is C18H26N4O2. The number of likely N-dealkylation sites (tertiary alicyclic amines) is 1. The van der Waals surface area contributed by atoms with Crippen molar-refractivity contribution >= 4 is 5.69 Å². The second kappa shape index (κ2) is 8.70. The smallest absolute Gasteiger partial charge is 0.119 e. The molecule has 2 heterocycles. The first kappa shape index (κ1) is 16.8. The van der Waals surface area contributed by atoms with Gasteiger partial charge in [-0.1, -0.05) is 12.1 Å². The maximum atomic E-state index is 8.89. The third kappa shape index (κ3) is 4.97. The summed E-state index contributed by atoms with van der Waals surface area (Å²) in [5, 5.41) is 16.4. The highest BCUT2D eigenvalue weighted by Crippen LogP contribution is 2.14. The van der Waals surface area contributed by atoms with E-state index >= 15 is 0 Å². The van der Waals surface area contributed by atoms with Gasteiger partial charge in [0, 0.05) is 19.3 Å². The molecule has 0 spiro atoms. The van der Waals surface area contributed by atoms with Crippen molar-refractivity contribution in [3.8, 4) is 5.75 Å². The highest BCUT2D eigenvalue weighted by Gasteiger charge is 2.10. The topological polar surface area (TPSA) is 62.6 Å². The molecule has 6 heteroatoms. The fraction of sp³-hybridized carbons (Fsp3) is 0.500. The van der Waals surface area contributed by atoms with E-state index in [2.05, 4.69) is 27.4 Å². The summed E-state index contributed by atoms with van der Waals surface area (Å²) < 4.78 is 7.54. The van der Waals surface area contributed by atoms with Gasteiger partial charge in [0.15, 0.2) is 0 Å². The summed E-state index contributed by atoms with van der Waals surface area (Å²) in [7, 11) is 0. The molecule has 0 radical (unpaired) electrons. The standard InChI is InChI=1S/C18H26N4O2/c23-11-9-22-15-17(14-20-22)19-13-16-3-5-18(6-4-16)24-12-10-21-7-1-2-8-21/h3-6,14-15,19,23H,1-2,7-13H2. The largest absolute Gasteiger partial charge is 0.492 e. The Morgan fingerprint density at radius 1 is 1.12 bits per heavy atom. The number of anilines is 1. The minimum atomic E-state index is 0.0976. The van der Waals surface area contributed by atoms with Gasteiger partial charge in [-0.2, -0.15) is 5.10 Å². The average molecular weight is 330 g/mol. The Bertz CT molecular complexity index is 606. The van der Waals surface area contributed by atoms with Crippen LogP contribution in [0.3, 0.4) is 0 Å². The highest BCUT2D eigenvalue weighted by atomic mass is 16.5. The van der Waals surface area contributed by atoms with Crippen LogP contribution < -0.4 is 10.1 Å². The van der Waals surface area contributed by atoms with Crippen LogP contribution in [0.5, 0.6) is 5.75 Å². The lowest BCUT2D eigenvalue weighted by molar-refractivity contribution is 0.238. The number of ether oxygens (including phenoxy) is 1. The van der Waals surface area contributed by atoms with Crippen molar-refractivity contribution in [2.75, 3.05) is 38.2 Å². The Balaban J connectivity index is 1.40. The number of nitrogens with one attached hydrogen (secondary N) is 1. The molecule has 1 fully saturated rings. The molecule has 24 heavy (non-hydrogen) atoms. The van der Waals surface area contributed by atoms with Crippen LogP contribution >= 0.6 is 0 Å². The van der Waals surface area contributed by atoms with Crippen molar-refractivity contribution in [3.63, 3.8) is 0 Å². The number of hydrogen-bond acceptors (Lipinski definition) is 5. The average Bonchev–Trinajstić information content (AvgIpc) is 3.27. The SMILES string of the molecule is OCCn1cc(NCc2ccc(OCCN3CCCC3)cc2)cn1. The first-order chi connectivity index (χ1) is 11.8. The Kier molecular flexibility index (Phi) is 6.09. The van der Waals surface area contributed by atoms with E-state index in [1.165, 1.54) is 31.5 Å². The van der Waals surface area contributed by atoms with Gasteiger partial charge in [0.1, 0.15) is 12.4 Å². The molecule has 0 bridgehead atoms. The molecule has 0 atom stereocenters. The van der Waals surface area contributed by atoms with Gasteiger partial charge in [-0.05, 0) is 43.6 Å². The van der Waals surface area contributed by atoms with Crippen LogP contribution in [0, 0.1) is 0 Å². The van der Waals surface area contributed by atoms with E-state index in [0.29, 0.717) is 6.54 Å². The summed E-state index contributed by atoms with van der Waals surface area (Å²) in [6.45, 7) is 5.54. The quantitative estimate of drug-likeness (QED) is 0.736. The summed E-state index contributed by atoms with van der Waals surface area (Å²) in [5.41, 5.74) is 2.14. The molecule has 6 nitrogen and oxygen atoms in total. The van der Waals surface area contributed by atoms with E-state index in [-0.39, 0.29) is 6.61 Å². The Morgan fingerprint density at radius 3 is 2.67 bits per heavy atom. The molecule has 1 aromatic carbocycles. The summed E-state index contributed by atoms with van der Waals surface area (Å²) in [4.78, 5) is 2.45. The summed E-state index contributed by atoms with van der Waals surface area (Å²) in [6, 6.07) is 8.21. The molecule has 3 rings (SSSR count). The van der Waals surface area contributed by atoms with Crippen molar-refractivity contribution in [2.24, 2.45) is 0 Å². The van der Waals surface area contributed by atoms with Crippen LogP contribution in [-0.2, 0) is 13.1 Å². The zero-order chi connectivity index (χ0) is 16.6. The molecule has 1 saturated heterocycles. The Labute approximate surface area is 143 Å². The third-order valence-corrected chi connectivity index (χ3v) is 4.26. The van der Waals surface area contributed by atoms with E-state index in [0.717, 1.165) is 31.1 Å². The number of aromatic nitrogens is 2. The lowest BCUT2D eigenvalue weighted by Gasteiger charge is -2.15. The van der Waals surface area contributed by atoms with Crippen LogP contribution in [0.15, 0.2) is 36.7 Å². The Hall–Kier alpha value is -2.05. The van der Waals surface area contributed by atoms with Crippen molar-refractivity contribution in [1.29, 1.82) is 0 Å². The van der Waals surface area contributed by atoms with E-state index in [9.17, 15) is 0 Å². The normalized spacial score (nSPS) is 14.9. The van der Waals surface area contributed by atoms with Gasteiger partial charge in [0.25, 0.3) is 0 Å². The molecule has 130 valence electrons. The first-order valence-corrected chi connectivity index (χ1v) is 8.65. The second-order valence-electron chi connectivity index (χ2n) is 6.11. The van der Waals surface area contributed by atoms with Crippen LogP contribution in [-0.4, -0.2) is 52.6 Å². The molecule has 1 aliphatic rings. The van der Waals surface area contributed by atoms with Gasteiger partial charge in [0.05, 0.1) is 25.0 Å². The molecule has 2 N–H and O–H groups in total. The molecule has 0 unspecified atom stereocenters. The van der Waals surface area contributed by atoms with E-state index in [1.807, 2.05) is 18.3 Å². The number of benzene rings is 1. The third-order valence-electron chi connectivity index (χ3n) is 4.26. The highest BCUT2D eigenvalue weighted by molar-refractivity contribution is 5.39. The monoisotopic (exact) mass is 330 g/mol. The number of aliphatic hydroxyl groups excluding tert-OH is 1. The van der Waals surface area contributed by atoms with Crippen LogP contribution in [0.2, 0.25) is 0 Å². The molecule has 1 aromatic heterocycles. The lowest BCUT2D eigenvalue weighted by Crippen LogP contribution is -2.25. The minimum absolute atomic E-state index is 0.0976. The number of aliphatic hydroxyl groups is 1. The van der Waals surface area contributed by atoms with Crippen LogP contribution in [0.25, 0.3) is 0 Å². The summed E-state index contributed by atoms with van der Waals surface area (Å²) in [6.07, 6.45) is 6.30. The predicted molar refractivity (Wildman–Crippen MR) is 94.3 cm³/mol. The van der Waals surface area contributed by atoms with Gasteiger partial charge >= 0.3 is 0 Å². The van der Waals surface area contributed by atoms with E-state index in [4.69, 9.17) is 9.84 Å². The fourth-order valence-electron chi connectivity index (χ4n) is 2.89. The zero-order valence-corrected chi connectivity index (χ0v) is 14.0. The molecular weight excluding hydrogens is 304 g/mol. The van der Waals surface area contributed by atoms with Gasteiger partial charge in [-0.3, -0.25) is 9.58 Å². The molecule has 1 aliphatic heterocycles. The van der Waals surface area contributed by atoms with Crippen molar-refractivity contribution < 1.29 is 9.84 Å². The van der Waals surface area contributed by atoms with Crippen LogP contribution in [0.1, 0.15) is 18.4 Å². The predicted octanol–water partition coefficient (Wildman–Crippen LogP) is 1.96. The Morgan fingerprint density at radius 2 is 1.92 bits per heavy atom. The molecule has 0 saturated carbocycles. The lowest BCUT2D eigenvalue weighted by atomic mass is 10.2. The molecule has 0 amide bonds. The fourth-order valence-corrected chi connectivity index (χ4v) is 2.89. The zero-order valence-electron chi connectivity index (χ0n) is 14.0. The number of rotatable bonds is 9. The van der Waals surface area contributed by atoms with Gasteiger partial charge in [0.2, 0.25) is 0 Å². The van der Waals surface area contributed by atoms with Gasteiger partial charge < -0.3 is 15.2 Å². The number of hydrogen-bond donors (Lipinski definition) is 2. The summed E-state index contributed by atoms with van der Waals surface area (Å²) >= 11 is 0. The van der Waals surface area contributed by atoms with Crippen molar-refractivity contribution in [3.05, 3.63) is 42.2 Å². The van der Waals surface area contributed by atoms with Crippen molar-refractivity contribution in [2.45, 2.75) is 25.9 Å². The minimum Gasteiger partial charge on any atom is -0.492 e. The van der Waals surface area contributed by atoms with Crippen molar-refractivity contribution in [1.82, 2.24) is 14.7 Å².